The summed E-state index contributed by atoms with van der Waals surface area (Å²) in [6, 6.07) is 60.2. The maximum Gasteiger partial charge on any atom is 2.00 e. The molecule has 0 amide bonds. The van der Waals surface area contributed by atoms with Crippen LogP contribution in [0.3, 0.4) is 0 Å². The molecule has 2 aliphatic heterocycles. The van der Waals surface area contributed by atoms with Crippen molar-refractivity contribution in [3.05, 3.63) is 215 Å². The topological polar surface area (TPSA) is 106 Å². The first-order valence-electron chi connectivity index (χ1n) is 27.9. The van der Waals surface area contributed by atoms with Crippen LogP contribution in [-0.2, 0) is 27.9 Å². The molecule has 11 aromatic rings. The van der Waals surface area contributed by atoms with E-state index in [9.17, 15) is 0 Å². The fourth-order valence-electron chi connectivity index (χ4n) is 12.4. The third kappa shape index (κ3) is 9.08. The van der Waals surface area contributed by atoms with Crippen LogP contribution < -0.4 is 9.97 Å². The molecule has 0 atom stereocenters. The minimum atomic E-state index is -0.492. The van der Waals surface area contributed by atoms with E-state index in [1.54, 1.807) is 0 Å². The van der Waals surface area contributed by atoms with E-state index in [4.69, 9.17) is 39.9 Å². The van der Waals surface area contributed by atoms with Crippen LogP contribution in [0.4, 0.5) is 0 Å². The van der Waals surface area contributed by atoms with Crippen molar-refractivity contribution < 1.29 is 17.1 Å². The Bertz CT molecular complexity index is 4320. The number of allylic oxidation sites excluding steroid dienone is 2. The number of fused-ring (bicyclic) bond motifs is 12. The summed E-state index contributed by atoms with van der Waals surface area (Å²) in [5.74, 6) is 2.14. The van der Waals surface area contributed by atoms with Crippen LogP contribution in [0.5, 0.6) is 0 Å². The van der Waals surface area contributed by atoms with Crippen LogP contribution in [0.15, 0.2) is 170 Å². The number of aromatic nitrogens is 8. The van der Waals surface area contributed by atoms with Gasteiger partial charge in [-0.1, -0.05) is 253 Å². The van der Waals surface area contributed by atoms with E-state index in [0.29, 0.717) is 45.9 Å². The molecule has 403 valence electrons. The molecular weight excluding hydrogens is 1040 g/mol. The molecule has 81 heavy (non-hydrogen) atoms. The third-order valence-corrected chi connectivity index (χ3v) is 15.7. The average molecular weight is 1100 g/mol. The second kappa shape index (κ2) is 19.4. The SMILES string of the molecule is CC(C)(C)C1=C(c2cccc3ccccc23)c2nc1nc1[n-]c(nc3nc(nc4[n-]c(n2)c(C(C)(C)C)c4-c2cccc4ccccc24)C(C(C)(C)C)=C3c2cccc3ccccc23)c(C(C)(C)C)c1-c1cccc2ccccc12.[Cu+2]. The maximum atomic E-state index is 5.81. The predicted molar refractivity (Wildman–Crippen MR) is 332 cm³/mol. The van der Waals surface area contributed by atoms with Gasteiger partial charge in [0.1, 0.15) is 0 Å². The van der Waals surface area contributed by atoms with E-state index in [0.717, 1.165) is 110 Å². The van der Waals surface area contributed by atoms with Crippen molar-refractivity contribution in [3.8, 4) is 22.3 Å². The van der Waals surface area contributed by atoms with Crippen molar-refractivity contribution in [2.75, 3.05) is 0 Å². The zero-order valence-electron chi connectivity index (χ0n) is 48.0. The molecule has 1 radical (unpaired) electrons. The van der Waals surface area contributed by atoms with Crippen LogP contribution in [0.1, 0.15) is 129 Å². The number of hydrogen-bond donors (Lipinski definition) is 0. The van der Waals surface area contributed by atoms with Gasteiger partial charge in [0.25, 0.3) is 0 Å². The summed E-state index contributed by atoms with van der Waals surface area (Å²) >= 11 is 0. The molecule has 0 spiro atoms. The Labute approximate surface area is 484 Å². The number of hydrogen-bond acceptors (Lipinski definition) is 6. The Morgan fingerprint density at radius 1 is 0.272 bits per heavy atom. The molecule has 8 nitrogen and oxygen atoms in total. The minimum absolute atomic E-state index is 0. The van der Waals surface area contributed by atoms with Gasteiger partial charge in [0.2, 0.25) is 0 Å². The minimum Gasteiger partial charge on any atom is -0.357 e. The van der Waals surface area contributed by atoms with E-state index in [-0.39, 0.29) is 17.1 Å². The molecule has 9 heteroatoms. The van der Waals surface area contributed by atoms with Gasteiger partial charge in [0.15, 0.2) is 0 Å². The summed E-state index contributed by atoms with van der Waals surface area (Å²) in [6.07, 6.45) is 0. The van der Waals surface area contributed by atoms with E-state index < -0.39 is 21.7 Å². The molecule has 0 N–H and O–H groups in total. The summed E-state index contributed by atoms with van der Waals surface area (Å²) in [7, 11) is 0. The average Bonchev–Trinajstić information content (AvgIpc) is 4.41. The smallest absolute Gasteiger partial charge is 0.357 e. The summed E-state index contributed by atoms with van der Waals surface area (Å²) in [5.41, 5.74) is 11.7. The van der Waals surface area contributed by atoms with Crippen molar-refractivity contribution >= 4 is 88.0 Å². The molecule has 0 aliphatic carbocycles. The van der Waals surface area contributed by atoms with Crippen molar-refractivity contribution in [1.82, 2.24) is 39.9 Å². The first-order chi connectivity index (χ1) is 38.2. The fourth-order valence-corrected chi connectivity index (χ4v) is 12.4. The first kappa shape index (κ1) is 53.3. The summed E-state index contributed by atoms with van der Waals surface area (Å²) in [5, 5.41) is 8.83. The Hall–Kier alpha value is -8.36. The van der Waals surface area contributed by atoms with Gasteiger partial charge in [0.05, 0.1) is 23.3 Å². The van der Waals surface area contributed by atoms with E-state index >= 15 is 0 Å². The van der Waals surface area contributed by atoms with Crippen molar-refractivity contribution in [2.45, 2.75) is 93.9 Å². The molecule has 5 heterocycles. The summed E-state index contributed by atoms with van der Waals surface area (Å²) < 4.78 is 0. The van der Waals surface area contributed by atoms with E-state index in [2.05, 4.69) is 253 Å². The van der Waals surface area contributed by atoms with Crippen LogP contribution in [0.25, 0.3) is 110 Å². The van der Waals surface area contributed by atoms with Gasteiger partial charge in [0, 0.05) is 33.7 Å². The second-order valence-corrected chi connectivity index (χ2v) is 25.6. The van der Waals surface area contributed by atoms with Gasteiger partial charge >= 0.3 is 17.1 Å². The van der Waals surface area contributed by atoms with Crippen LogP contribution in [-0.4, -0.2) is 29.9 Å². The largest absolute Gasteiger partial charge is 2.00 e. The van der Waals surface area contributed by atoms with Gasteiger partial charge in [-0.2, -0.15) is 0 Å². The quantitative estimate of drug-likeness (QED) is 0.161. The fraction of sp³-hybridized carbons (Fsp3) is 0.222. The van der Waals surface area contributed by atoms with Crippen molar-refractivity contribution in [3.63, 3.8) is 0 Å². The second-order valence-electron chi connectivity index (χ2n) is 25.6. The predicted octanol–water partition coefficient (Wildman–Crippen LogP) is 17.7. The van der Waals surface area contributed by atoms with Gasteiger partial charge < -0.3 is 29.9 Å². The van der Waals surface area contributed by atoms with Gasteiger partial charge in [-0.05, 0) is 120 Å². The molecule has 8 aromatic carbocycles. The van der Waals surface area contributed by atoms with Gasteiger partial charge in [-0.25, -0.2) is 9.97 Å². The number of nitrogens with zero attached hydrogens (tertiary/aromatic N) is 8. The van der Waals surface area contributed by atoms with Crippen LogP contribution in [0.2, 0.25) is 0 Å². The zero-order chi connectivity index (χ0) is 55.6. The van der Waals surface area contributed by atoms with Gasteiger partial charge in [-0.15, -0.1) is 0 Å². The molecule has 2 aliphatic rings. The molecule has 0 saturated carbocycles. The monoisotopic (exact) mass is 1100 g/mol. The summed E-state index contributed by atoms with van der Waals surface area (Å²) in [6.45, 7) is 26.9. The Kier molecular flexibility index (Phi) is 12.8. The van der Waals surface area contributed by atoms with Crippen LogP contribution in [0, 0.1) is 10.8 Å². The molecule has 13 rings (SSSR count). The van der Waals surface area contributed by atoms with Crippen molar-refractivity contribution in [2.24, 2.45) is 10.8 Å². The molecule has 8 bridgehead atoms. The normalized spacial score (nSPS) is 13.5. The van der Waals surface area contributed by atoms with E-state index in [1.807, 2.05) is 0 Å². The molecular formula is C72H64CuN8. The Morgan fingerprint density at radius 2 is 0.543 bits per heavy atom. The molecule has 0 unspecified atom stereocenters. The Balaban J connectivity index is 0.00000651. The van der Waals surface area contributed by atoms with Crippen molar-refractivity contribution in [1.29, 1.82) is 0 Å². The standard InChI is InChI=1S/C72H64N8.Cu/c1-69(2,3)57-53(49-37-21-29-41-25-13-17-33-45(41)49)61-73-65(57)77-62-54(50-38-22-30-42-26-14-18-34-46(42)50)58(70(4,5)6)67(74-62)79-64-56(52-40-24-32-44-28-16-20-36-48(44)52)60(72(10,11)12)68(76-64)80-63-55(59(71(7,8)9)66(75-63)78-61)51-39-23-31-43-27-15-19-35-47(43)51;/h13-40H,1-12H3;/q-2;+2. The Morgan fingerprint density at radius 3 is 0.852 bits per heavy atom. The first-order valence-corrected chi connectivity index (χ1v) is 27.9. The number of benzene rings is 8. The zero-order valence-corrected chi connectivity index (χ0v) is 49.0. The molecule has 3 aromatic heterocycles. The van der Waals surface area contributed by atoms with E-state index in [1.165, 1.54) is 0 Å². The maximum absolute atomic E-state index is 5.81. The number of rotatable bonds is 4. The van der Waals surface area contributed by atoms with Gasteiger partial charge in [-0.3, -0.25) is 0 Å². The molecule has 0 fully saturated rings. The third-order valence-electron chi connectivity index (χ3n) is 15.7. The summed E-state index contributed by atoms with van der Waals surface area (Å²) in [4.78, 5) is 45.9. The van der Waals surface area contributed by atoms with Crippen LogP contribution >= 0.6 is 0 Å². The molecule has 0 saturated heterocycles.